The molecule has 0 aromatic heterocycles. The van der Waals surface area contributed by atoms with E-state index >= 15 is 0 Å². The Kier molecular flexibility index (Phi) is 6.93. The maximum absolute atomic E-state index is 5.16. The summed E-state index contributed by atoms with van der Waals surface area (Å²) in [5.41, 5.74) is 0.993. The molecule has 0 radical (unpaired) electrons. The molecule has 0 atom stereocenters. The molecule has 0 fully saturated rings. The van der Waals surface area contributed by atoms with Gasteiger partial charge in [-0.3, -0.25) is 0 Å². The van der Waals surface area contributed by atoms with Crippen LogP contribution in [0.5, 0.6) is 0 Å². The summed E-state index contributed by atoms with van der Waals surface area (Å²) in [5, 5.41) is 0.849. The van der Waals surface area contributed by atoms with Crippen molar-refractivity contribution in [1.29, 1.82) is 0 Å². The Labute approximate surface area is 90.5 Å². The van der Waals surface area contributed by atoms with Crippen LogP contribution in [0.15, 0.2) is 41.1 Å². The molecular weight excluding hydrogens is 194 g/mol. The number of nitrogens with zero attached hydrogens (tertiary/aromatic N) is 1. The molecule has 78 valence electrons. The van der Waals surface area contributed by atoms with E-state index in [4.69, 9.17) is 4.74 Å². The van der Waals surface area contributed by atoms with Gasteiger partial charge in [0.2, 0.25) is 0 Å². The van der Waals surface area contributed by atoms with Gasteiger partial charge in [-0.15, -0.1) is 6.58 Å². The smallest absolute Gasteiger partial charge is 0.150 e. The number of ether oxygens (including phenoxy) is 1. The first-order valence-electron chi connectivity index (χ1n) is 4.32. The number of rotatable bonds is 6. The Bertz CT molecular complexity index is 262. The van der Waals surface area contributed by atoms with Crippen LogP contribution in [0.2, 0.25) is 0 Å². The highest BCUT2D eigenvalue weighted by molar-refractivity contribution is 8.03. The standard InChI is InChI=1S/C11H17NOS/c1-6-8-14-11(12-9(3)4)10(7-2)13-5/h6-7H,1-2,8H2,3-5H3/b11-10-. The minimum Gasteiger partial charge on any atom is -0.494 e. The number of methoxy groups -OCH3 is 1. The van der Waals surface area contributed by atoms with Crippen LogP contribution in [-0.4, -0.2) is 18.6 Å². The third-order valence-electron chi connectivity index (χ3n) is 1.28. The number of aliphatic imine (C=N–C) groups is 1. The second-order valence-corrected chi connectivity index (χ2v) is 3.75. The van der Waals surface area contributed by atoms with E-state index in [1.165, 1.54) is 0 Å². The molecule has 0 unspecified atom stereocenters. The van der Waals surface area contributed by atoms with Gasteiger partial charge in [-0.2, -0.15) is 0 Å². The van der Waals surface area contributed by atoms with Crippen LogP contribution in [0.4, 0.5) is 0 Å². The SMILES string of the molecule is C=CCS/C(N=C(C)C)=C(/C=C)OC. The fourth-order valence-electron chi connectivity index (χ4n) is 0.757. The van der Waals surface area contributed by atoms with E-state index in [2.05, 4.69) is 18.2 Å². The van der Waals surface area contributed by atoms with E-state index in [0.29, 0.717) is 5.76 Å². The molecule has 0 aromatic rings. The first kappa shape index (κ1) is 13.0. The fourth-order valence-corrected chi connectivity index (χ4v) is 1.59. The Morgan fingerprint density at radius 2 is 2.07 bits per heavy atom. The summed E-state index contributed by atoms with van der Waals surface area (Å²) in [6.07, 6.45) is 3.50. The zero-order valence-electron chi connectivity index (χ0n) is 9.04. The molecule has 0 aliphatic heterocycles. The van der Waals surface area contributed by atoms with Crippen LogP contribution >= 0.6 is 11.8 Å². The average Bonchev–Trinajstić information content (AvgIpc) is 2.15. The first-order chi connectivity index (χ1) is 6.65. The first-order valence-corrected chi connectivity index (χ1v) is 5.30. The molecule has 0 saturated heterocycles. The molecule has 0 amide bonds. The molecule has 0 rings (SSSR count). The monoisotopic (exact) mass is 211 g/mol. The van der Waals surface area contributed by atoms with Crippen molar-refractivity contribution in [3.63, 3.8) is 0 Å². The van der Waals surface area contributed by atoms with Gasteiger partial charge in [0, 0.05) is 11.5 Å². The lowest BCUT2D eigenvalue weighted by molar-refractivity contribution is 0.305. The van der Waals surface area contributed by atoms with Crippen molar-refractivity contribution in [2.45, 2.75) is 13.8 Å². The van der Waals surface area contributed by atoms with Crippen LogP contribution in [0.3, 0.4) is 0 Å². The normalized spacial score (nSPS) is 11.4. The van der Waals surface area contributed by atoms with Crippen molar-refractivity contribution < 1.29 is 4.74 Å². The van der Waals surface area contributed by atoms with Gasteiger partial charge in [0.1, 0.15) is 10.8 Å². The van der Waals surface area contributed by atoms with Gasteiger partial charge in [0.15, 0.2) is 0 Å². The quantitative estimate of drug-likeness (QED) is 0.291. The van der Waals surface area contributed by atoms with Gasteiger partial charge in [0.05, 0.1) is 7.11 Å². The van der Waals surface area contributed by atoms with Gasteiger partial charge >= 0.3 is 0 Å². The minimum absolute atomic E-state index is 0.707. The molecule has 0 bridgehead atoms. The summed E-state index contributed by atoms with van der Waals surface area (Å²) in [7, 11) is 1.62. The molecular formula is C11H17NOS. The highest BCUT2D eigenvalue weighted by Crippen LogP contribution is 2.22. The lowest BCUT2D eigenvalue weighted by Gasteiger charge is -2.06. The van der Waals surface area contributed by atoms with Crippen molar-refractivity contribution in [1.82, 2.24) is 0 Å². The summed E-state index contributed by atoms with van der Waals surface area (Å²) in [5.74, 6) is 1.52. The molecule has 2 nitrogen and oxygen atoms in total. The van der Waals surface area contributed by atoms with Crippen LogP contribution in [0.25, 0.3) is 0 Å². The third kappa shape index (κ3) is 4.92. The summed E-state index contributed by atoms with van der Waals surface area (Å²) >= 11 is 1.58. The Balaban J connectivity index is 4.85. The minimum atomic E-state index is 0.707. The Hall–Kier alpha value is -0.960. The number of allylic oxidation sites excluding steroid dienone is 1. The highest BCUT2D eigenvalue weighted by Gasteiger charge is 2.02. The topological polar surface area (TPSA) is 21.6 Å². The van der Waals surface area contributed by atoms with Crippen LogP contribution in [0.1, 0.15) is 13.8 Å². The molecule has 0 aliphatic carbocycles. The second-order valence-electron chi connectivity index (χ2n) is 2.74. The van der Waals surface area contributed by atoms with E-state index in [1.807, 2.05) is 19.9 Å². The van der Waals surface area contributed by atoms with Gasteiger partial charge < -0.3 is 4.74 Å². The van der Waals surface area contributed by atoms with E-state index in [9.17, 15) is 0 Å². The average molecular weight is 211 g/mol. The Morgan fingerprint density at radius 3 is 2.43 bits per heavy atom. The van der Waals surface area contributed by atoms with Gasteiger partial charge in [-0.1, -0.05) is 24.4 Å². The number of hydrogen-bond acceptors (Lipinski definition) is 3. The molecule has 0 N–H and O–H groups in total. The molecule has 0 aliphatic rings. The molecule has 0 spiro atoms. The maximum atomic E-state index is 5.16. The van der Waals surface area contributed by atoms with Crippen molar-refractivity contribution >= 4 is 17.5 Å². The van der Waals surface area contributed by atoms with E-state index in [-0.39, 0.29) is 0 Å². The summed E-state index contributed by atoms with van der Waals surface area (Å²) < 4.78 is 5.16. The van der Waals surface area contributed by atoms with E-state index in [1.54, 1.807) is 24.9 Å². The summed E-state index contributed by atoms with van der Waals surface area (Å²) in [6, 6.07) is 0. The molecule has 0 saturated carbocycles. The van der Waals surface area contributed by atoms with Crippen LogP contribution < -0.4 is 0 Å². The Morgan fingerprint density at radius 1 is 1.43 bits per heavy atom. The largest absolute Gasteiger partial charge is 0.494 e. The lowest BCUT2D eigenvalue weighted by Crippen LogP contribution is -1.90. The van der Waals surface area contributed by atoms with Crippen LogP contribution in [-0.2, 0) is 4.74 Å². The number of thioether (sulfide) groups is 1. The summed E-state index contributed by atoms with van der Waals surface area (Å²) in [6.45, 7) is 11.2. The van der Waals surface area contributed by atoms with Crippen LogP contribution in [0, 0.1) is 0 Å². The third-order valence-corrected chi connectivity index (χ3v) is 2.25. The van der Waals surface area contributed by atoms with Gasteiger partial charge in [-0.05, 0) is 19.9 Å². The zero-order valence-corrected chi connectivity index (χ0v) is 9.86. The maximum Gasteiger partial charge on any atom is 0.150 e. The van der Waals surface area contributed by atoms with Crippen molar-refractivity contribution in [2.75, 3.05) is 12.9 Å². The van der Waals surface area contributed by atoms with Gasteiger partial charge in [-0.25, -0.2) is 4.99 Å². The van der Waals surface area contributed by atoms with E-state index < -0.39 is 0 Å². The van der Waals surface area contributed by atoms with Crippen molar-refractivity contribution in [3.8, 4) is 0 Å². The van der Waals surface area contributed by atoms with Crippen molar-refractivity contribution in [2.24, 2.45) is 4.99 Å². The molecule has 14 heavy (non-hydrogen) atoms. The van der Waals surface area contributed by atoms with Gasteiger partial charge in [0.25, 0.3) is 0 Å². The zero-order chi connectivity index (χ0) is 11.0. The predicted octanol–water partition coefficient (Wildman–Crippen LogP) is 3.39. The highest BCUT2D eigenvalue weighted by atomic mass is 32.2. The fraction of sp³-hybridized carbons (Fsp3) is 0.364. The van der Waals surface area contributed by atoms with Crippen molar-refractivity contribution in [3.05, 3.63) is 36.1 Å². The molecule has 0 aromatic carbocycles. The molecule has 3 heteroatoms. The second kappa shape index (κ2) is 7.44. The van der Waals surface area contributed by atoms with E-state index in [0.717, 1.165) is 16.5 Å². The lowest BCUT2D eigenvalue weighted by atomic mass is 10.5. The summed E-state index contributed by atoms with van der Waals surface area (Å²) in [4.78, 5) is 4.37. The number of hydrogen-bond donors (Lipinski definition) is 0. The molecule has 0 heterocycles. The predicted molar refractivity (Wildman–Crippen MR) is 65.7 cm³/mol.